The van der Waals surface area contributed by atoms with E-state index in [4.69, 9.17) is 4.74 Å². The smallest absolute Gasteiger partial charge is 0.243 e. The largest absolute Gasteiger partial charge is 0.494 e. The van der Waals surface area contributed by atoms with Crippen LogP contribution in [-0.4, -0.2) is 46.0 Å². The second-order valence-corrected chi connectivity index (χ2v) is 8.34. The molecule has 0 radical (unpaired) electrons. The van der Waals surface area contributed by atoms with E-state index in [1.54, 1.807) is 0 Å². The Bertz CT molecular complexity index is 907. The van der Waals surface area contributed by atoms with Gasteiger partial charge in [0.25, 0.3) is 0 Å². The maximum Gasteiger partial charge on any atom is 0.243 e. The number of ether oxygens (including phenoxy) is 1. The zero-order valence-corrected chi connectivity index (χ0v) is 16.0. The average Bonchev–Trinajstić information content (AvgIpc) is 2.64. The standard InChI is InChI=1S/C19H23FN2O3S/c1-14-5-4-6-18(15(14)2)21-9-11-22(12-10-21)26(23,24)16-7-8-19(25-3)17(20)13-16/h4-8,13H,9-12H2,1-3H3. The van der Waals surface area contributed by atoms with Crippen LogP contribution in [0, 0.1) is 19.7 Å². The molecule has 1 aliphatic heterocycles. The first kappa shape index (κ1) is 18.7. The number of hydrogen-bond acceptors (Lipinski definition) is 4. The average molecular weight is 378 g/mol. The highest BCUT2D eigenvalue weighted by molar-refractivity contribution is 7.89. The van der Waals surface area contributed by atoms with Crippen LogP contribution in [-0.2, 0) is 10.0 Å². The summed E-state index contributed by atoms with van der Waals surface area (Å²) in [5.41, 5.74) is 3.56. The van der Waals surface area contributed by atoms with Crippen molar-refractivity contribution in [3.8, 4) is 5.75 Å². The summed E-state index contributed by atoms with van der Waals surface area (Å²) in [5.74, 6) is -0.647. The van der Waals surface area contributed by atoms with Gasteiger partial charge in [0.2, 0.25) is 10.0 Å². The Balaban J connectivity index is 1.76. The van der Waals surface area contributed by atoms with Gasteiger partial charge in [-0.15, -0.1) is 0 Å². The van der Waals surface area contributed by atoms with Crippen molar-refractivity contribution >= 4 is 15.7 Å². The Kier molecular flexibility index (Phi) is 5.20. The highest BCUT2D eigenvalue weighted by Crippen LogP contribution is 2.27. The fourth-order valence-electron chi connectivity index (χ4n) is 3.20. The quantitative estimate of drug-likeness (QED) is 0.821. The molecule has 1 saturated heterocycles. The molecule has 0 atom stereocenters. The fourth-order valence-corrected chi connectivity index (χ4v) is 4.64. The van der Waals surface area contributed by atoms with Crippen molar-refractivity contribution in [1.29, 1.82) is 0 Å². The molecule has 5 nitrogen and oxygen atoms in total. The van der Waals surface area contributed by atoms with Crippen molar-refractivity contribution in [2.24, 2.45) is 0 Å². The molecule has 0 aliphatic carbocycles. The van der Waals surface area contributed by atoms with E-state index in [9.17, 15) is 12.8 Å². The van der Waals surface area contributed by atoms with Gasteiger partial charge in [-0.25, -0.2) is 12.8 Å². The molecule has 140 valence electrons. The summed E-state index contributed by atoms with van der Waals surface area (Å²) in [6.07, 6.45) is 0. The fraction of sp³-hybridized carbons (Fsp3) is 0.368. The van der Waals surface area contributed by atoms with Crippen molar-refractivity contribution in [2.75, 3.05) is 38.2 Å². The zero-order chi connectivity index (χ0) is 18.9. The third-order valence-corrected chi connectivity index (χ3v) is 6.81. The lowest BCUT2D eigenvalue weighted by Crippen LogP contribution is -2.48. The summed E-state index contributed by atoms with van der Waals surface area (Å²) < 4.78 is 45.8. The zero-order valence-electron chi connectivity index (χ0n) is 15.2. The number of halogens is 1. The molecule has 0 unspecified atom stereocenters. The maximum absolute atomic E-state index is 13.9. The van der Waals surface area contributed by atoms with Gasteiger partial charge in [0.05, 0.1) is 12.0 Å². The second-order valence-electron chi connectivity index (χ2n) is 6.41. The first-order chi connectivity index (χ1) is 12.3. The number of piperazine rings is 1. The Morgan fingerprint density at radius 2 is 1.73 bits per heavy atom. The number of hydrogen-bond donors (Lipinski definition) is 0. The molecule has 1 heterocycles. The summed E-state index contributed by atoms with van der Waals surface area (Å²) in [6.45, 7) is 6.07. The van der Waals surface area contributed by atoms with Crippen LogP contribution >= 0.6 is 0 Å². The minimum Gasteiger partial charge on any atom is -0.494 e. The lowest BCUT2D eigenvalue weighted by molar-refractivity contribution is 0.379. The molecule has 0 bridgehead atoms. The van der Waals surface area contributed by atoms with E-state index in [2.05, 4.69) is 30.9 Å². The molecule has 0 saturated carbocycles. The van der Waals surface area contributed by atoms with Crippen LogP contribution in [0.5, 0.6) is 5.75 Å². The van der Waals surface area contributed by atoms with Crippen molar-refractivity contribution in [1.82, 2.24) is 4.31 Å². The van der Waals surface area contributed by atoms with Crippen LogP contribution in [0.25, 0.3) is 0 Å². The van der Waals surface area contributed by atoms with Gasteiger partial charge in [-0.2, -0.15) is 4.31 Å². The van der Waals surface area contributed by atoms with E-state index in [0.717, 1.165) is 11.8 Å². The molecule has 0 N–H and O–H groups in total. The van der Waals surface area contributed by atoms with Crippen LogP contribution in [0.15, 0.2) is 41.3 Å². The predicted octanol–water partition coefficient (Wildman–Crippen LogP) is 2.96. The van der Waals surface area contributed by atoms with Gasteiger partial charge in [0.15, 0.2) is 11.6 Å². The summed E-state index contributed by atoms with van der Waals surface area (Å²) in [6, 6.07) is 9.89. The molecule has 1 aliphatic rings. The molecule has 0 aromatic heterocycles. The van der Waals surface area contributed by atoms with Crippen molar-refractivity contribution in [3.63, 3.8) is 0 Å². The Labute approximate surface area is 154 Å². The summed E-state index contributed by atoms with van der Waals surface area (Å²) in [5, 5.41) is 0. The Hall–Kier alpha value is -2.12. The first-order valence-corrected chi connectivity index (χ1v) is 9.93. The van der Waals surface area contributed by atoms with Crippen LogP contribution in [0.3, 0.4) is 0 Å². The van der Waals surface area contributed by atoms with E-state index in [-0.39, 0.29) is 10.6 Å². The van der Waals surface area contributed by atoms with Crippen molar-refractivity contribution < 1.29 is 17.5 Å². The number of benzene rings is 2. The van der Waals surface area contributed by atoms with E-state index >= 15 is 0 Å². The third kappa shape index (κ3) is 3.41. The van der Waals surface area contributed by atoms with Crippen molar-refractivity contribution in [3.05, 3.63) is 53.3 Å². The topological polar surface area (TPSA) is 49.9 Å². The SMILES string of the molecule is COc1ccc(S(=O)(=O)N2CCN(c3cccc(C)c3C)CC2)cc1F. The highest BCUT2D eigenvalue weighted by atomic mass is 32.2. The van der Waals surface area contributed by atoms with Gasteiger partial charge in [-0.05, 0) is 49.2 Å². The minimum absolute atomic E-state index is 0.0312. The molecule has 26 heavy (non-hydrogen) atoms. The molecular weight excluding hydrogens is 355 g/mol. The number of anilines is 1. The molecule has 0 spiro atoms. The van der Waals surface area contributed by atoms with E-state index < -0.39 is 15.8 Å². The van der Waals surface area contributed by atoms with Crippen LogP contribution < -0.4 is 9.64 Å². The molecule has 0 amide bonds. The number of methoxy groups -OCH3 is 1. The van der Waals surface area contributed by atoms with Gasteiger partial charge in [-0.3, -0.25) is 0 Å². The molecule has 2 aromatic rings. The summed E-state index contributed by atoms with van der Waals surface area (Å²) >= 11 is 0. The molecule has 7 heteroatoms. The van der Waals surface area contributed by atoms with Gasteiger partial charge in [0, 0.05) is 31.9 Å². The second kappa shape index (κ2) is 7.25. The normalized spacial score (nSPS) is 15.9. The molecule has 3 rings (SSSR count). The highest BCUT2D eigenvalue weighted by Gasteiger charge is 2.29. The van der Waals surface area contributed by atoms with Crippen LogP contribution in [0.2, 0.25) is 0 Å². The monoisotopic (exact) mass is 378 g/mol. The maximum atomic E-state index is 13.9. The lowest BCUT2D eigenvalue weighted by Gasteiger charge is -2.36. The number of aryl methyl sites for hydroxylation is 1. The number of sulfonamides is 1. The first-order valence-electron chi connectivity index (χ1n) is 8.49. The minimum atomic E-state index is -3.72. The van der Waals surface area contributed by atoms with Crippen LogP contribution in [0.4, 0.5) is 10.1 Å². The van der Waals surface area contributed by atoms with Crippen molar-refractivity contribution in [2.45, 2.75) is 18.7 Å². The number of rotatable bonds is 4. The van der Waals surface area contributed by atoms with E-state index in [1.807, 2.05) is 6.07 Å². The lowest BCUT2D eigenvalue weighted by atomic mass is 10.1. The molecule has 1 fully saturated rings. The van der Waals surface area contributed by atoms with E-state index in [1.165, 1.54) is 34.7 Å². The van der Waals surface area contributed by atoms with E-state index in [0.29, 0.717) is 26.2 Å². The third-order valence-electron chi connectivity index (χ3n) is 4.92. The van der Waals surface area contributed by atoms with Gasteiger partial charge >= 0.3 is 0 Å². The van der Waals surface area contributed by atoms with Crippen LogP contribution in [0.1, 0.15) is 11.1 Å². The molecular formula is C19H23FN2O3S. The summed E-state index contributed by atoms with van der Waals surface area (Å²) in [7, 11) is -2.38. The Morgan fingerprint density at radius 3 is 2.35 bits per heavy atom. The Morgan fingerprint density at radius 1 is 1.04 bits per heavy atom. The molecule has 2 aromatic carbocycles. The predicted molar refractivity (Wildman–Crippen MR) is 99.8 cm³/mol. The van der Waals surface area contributed by atoms with Gasteiger partial charge in [-0.1, -0.05) is 12.1 Å². The number of nitrogens with zero attached hydrogens (tertiary/aromatic N) is 2. The summed E-state index contributed by atoms with van der Waals surface area (Å²) in [4.78, 5) is 2.15. The van der Waals surface area contributed by atoms with Gasteiger partial charge in [0.1, 0.15) is 0 Å². The van der Waals surface area contributed by atoms with Gasteiger partial charge < -0.3 is 9.64 Å².